The van der Waals surface area contributed by atoms with Gasteiger partial charge in [0.05, 0.1) is 0 Å². The van der Waals surface area contributed by atoms with E-state index in [4.69, 9.17) is 0 Å². The standard InChI is InChI=1S/C11H14FN.C4H4F2N2/c1-13-7-10-5-4-9(6-11(10)12)8-2-3-8;5-4(6)8-3-1-2-7-8/h4-6,8,13H,2-3,7H2,1H3;1-4H. The molecular weight excluding hydrogens is 279 g/mol. The molecular formula is C15H18F3N3. The van der Waals surface area contributed by atoms with E-state index in [9.17, 15) is 13.2 Å². The zero-order chi connectivity index (χ0) is 15.2. The minimum Gasteiger partial charge on any atom is -0.316 e. The molecule has 1 aromatic heterocycles. The third-order valence-electron chi connectivity index (χ3n) is 3.22. The van der Waals surface area contributed by atoms with E-state index in [0.29, 0.717) is 17.1 Å². The summed E-state index contributed by atoms with van der Waals surface area (Å²) in [6.45, 7) is -1.90. The molecule has 1 aliphatic rings. The van der Waals surface area contributed by atoms with Gasteiger partial charge < -0.3 is 5.32 Å². The zero-order valence-corrected chi connectivity index (χ0v) is 11.8. The van der Waals surface area contributed by atoms with Crippen molar-refractivity contribution in [3.05, 3.63) is 53.6 Å². The van der Waals surface area contributed by atoms with Gasteiger partial charge in [-0.2, -0.15) is 13.9 Å². The normalized spacial score (nSPS) is 14.0. The van der Waals surface area contributed by atoms with Gasteiger partial charge in [-0.05, 0) is 43.5 Å². The highest BCUT2D eigenvalue weighted by Gasteiger charge is 2.23. The van der Waals surface area contributed by atoms with Crippen LogP contribution in [0.3, 0.4) is 0 Å². The molecule has 2 aromatic rings. The molecule has 0 saturated heterocycles. The van der Waals surface area contributed by atoms with E-state index in [2.05, 4.69) is 10.4 Å². The lowest BCUT2D eigenvalue weighted by atomic mass is 10.1. The highest BCUT2D eigenvalue weighted by atomic mass is 19.3. The summed E-state index contributed by atoms with van der Waals surface area (Å²) in [6.07, 6.45) is 4.98. The largest absolute Gasteiger partial charge is 0.333 e. The third-order valence-corrected chi connectivity index (χ3v) is 3.22. The molecule has 0 amide bonds. The Balaban J connectivity index is 0.000000173. The van der Waals surface area contributed by atoms with E-state index in [-0.39, 0.29) is 5.82 Å². The minimum atomic E-state index is -2.51. The van der Waals surface area contributed by atoms with Crippen molar-refractivity contribution in [2.24, 2.45) is 0 Å². The van der Waals surface area contributed by atoms with Crippen molar-refractivity contribution in [3.63, 3.8) is 0 Å². The molecule has 1 aliphatic carbocycles. The van der Waals surface area contributed by atoms with Crippen LogP contribution >= 0.6 is 0 Å². The van der Waals surface area contributed by atoms with Crippen LogP contribution in [0.5, 0.6) is 0 Å². The second-order valence-electron chi connectivity index (χ2n) is 4.92. The summed E-state index contributed by atoms with van der Waals surface area (Å²) < 4.78 is 37.0. The Hall–Kier alpha value is -1.82. The van der Waals surface area contributed by atoms with Crippen molar-refractivity contribution in [2.45, 2.75) is 31.9 Å². The van der Waals surface area contributed by atoms with E-state index in [1.165, 1.54) is 31.3 Å². The van der Waals surface area contributed by atoms with Gasteiger partial charge >= 0.3 is 6.55 Å². The van der Waals surface area contributed by atoms with Gasteiger partial charge in [-0.3, -0.25) is 0 Å². The minimum absolute atomic E-state index is 0.0706. The number of nitrogens with zero attached hydrogens (tertiary/aromatic N) is 2. The Bertz CT molecular complexity index is 551. The maximum Gasteiger partial charge on any atom is 0.333 e. The van der Waals surface area contributed by atoms with Gasteiger partial charge in [-0.15, -0.1) is 0 Å². The summed E-state index contributed by atoms with van der Waals surface area (Å²) in [4.78, 5) is 0. The molecule has 1 saturated carbocycles. The molecule has 0 radical (unpaired) electrons. The molecule has 1 aromatic carbocycles. The maximum absolute atomic E-state index is 13.4. The average Bonchev–Trinajstić information content (AvgIpc) is 3.16. The molecule has 0 unspecified atom stereocenters. The van der Waals surface area contributed by atoms with Crippen molar-refractivity contribution in [3.8, 4) is 0 Å². The molecule has 0 spiro atoms. The summed E-state index contributed by atoms with van der Waals surface area (Å²) in [5.74, 6) is 0.567. The van der Waals surface area contributed by atoms with Crippen molar-refractivity contribution in [1.82, 2.24) is 15.1 Å². The van der Waals surface area contributed by atoms with Gasteiger partial charge in [0.1, 0.15) is 5.82 Å². The lowest BCUT2D eigenvalue weighted by Gasteiger charge is -2.04. The van der Waals surface area contributed by atoms with Gasteiger partial charge in [0.25, 0.3) is 0 Å². The number of hydrogen-bond acceptors (Lipinski definition) is 2. The number of nitrogens with one attached hydrogen (secondary N) is 1. The summed E-state index contributed by atoms with van der Waals surface area (Å²) >= 11 is 0. The average molecular weight is 297 g/mol. The fourth-order valence-electron chi connectivity index (χ4n) is 1.96. The van der Waals surface area contributed by atoms with Crippen molar-refractivity contribution in [1.29, 1.82) is 0 Å². The molecule has 6 heteroatoms. The van der Waals surface area contributed by atoms with E-state index in [1.54, 1.807) is 6.07 Å². The Labute approximate surface area is 121 Å². The van der Waals surface area contributed by atoms with Crippen LogP contribution in [0.25, 0.3) is 0 Å². The SMILES string of the molecule is CNCc1ccc(C2CC2)cc1F.FC(F)n1cccn1. The van der Waals surface area contributed by atoms with Gasteiger partial charge in [0.15, 0.2) is 0 Å². The lowest BCUT2D eigenvalue weighted by Crippen LogP contribution is -2.07. The molecule has 0 atom stereocenters. The van der Waals surface area contributed by atoms with Crippen LogP contribution in [0, 0.1) is 5.82 Å². The van der Waals surface area contributed by atoms with Crippen LogP contribution in [-0.2, 0) is 6.54 Å². The molecule has 1 fully saturated rings. The van der Waals surface area contributed by atoms with Crippen LogP contribution in [0.15, 0.2) is 36.7 Å². The number of rotatable bonds is 4. The highest BCUT2D eigenvalue weighted by Crippen LogP contribution is 2.40. The predicted molar refractivity (Wildman–Crippen MR) is 74.6 cm³/mol. The number of halogens is 3. The predicted octanol–water partition coefficient (Wildman–Crippen LogP) is 3.70. The van der Waals surface area contributed by atoms with Crippen molar-refractivity contribution >= 4 is 0 Å². The maximum atomic E-state index is 13.4. The molecule has 114 valence electrons. The quantitative estimate of drug-likeness (QED) is 0.932. The van der Waals surface area contributed by atoms with Gasteiger partial charge in [0.2, 0.25) is 0 Å². The summed E-state index contributed by atoms with van der Waals surface area (Å²) in [6, 6.07) is 7.07. The topological polar surface area (TPSA) is 29.9 Å². The first-order chi connectivity index (χ1) is 10.1. The number of hydrogen-bond donors (Lipinski definition) is 1. The molecule has 1 N–H and O–H groups in total. The van der Waals surface area contributed by atoms with Crippen LogP contribution in [0.2, 0.25) is 0 Å². The third kappa shape index (κ3) is 4.60. The van der Waals surface area contributed by atoms with Gasteiger partial charge in [0, 0.05) is 24.5 Å². The molecule has 21 heavy (non-hydrogen) atoms. The van der Waals surface area contributed by atoms with Crippen molar-refractivity contribution in [2.75, 3.05) is 7.05 Å². The molecule has 0 bridgehead atoms. The van der Waals surface area contributed by atoms with E-state index >= 15 is 0 Å². The monoisotopic (exact) mass is 297 g/mol. The number of aromatic nitrogens is 2. The fraction of sp³-hybridized carbons (Fsp3) is 0.400. The Morgan fingerprint density at radius 3 is 2.57 bits per heavy atom. The van der Waals surface area contributed by atoms with Gasteiger partial charge in [-0.25, -0.2) is 9.07 Å². The molecule has 1 heterocycles. The smallest absolute Gasteiger partial charge is 0.316 e. The van der Waals surface area contributed by atoms with Crippen LogP contribution in [0.1, 0.15) is 36.4 Å². The Morgan fingerprint density at radius 1 is 1.38 bits per heavy atom. The second-order valence-corrected chi connectivity index (χ2v) is 4.92. The molecule has 0 aliphatic heterocycles. The first kappa shape index (κ1) is 15.6. The zero-order valence-electron chi connectivity index (χ0n) is 11.8. The first-order valence-electron chi connectivity index (χ1n) is 6.82. The summed E-state index contributed by atoms with van der Waals surface area (Å²) in [5.41, 5.74) is 1.92. The van der Waals surface area contributed by atoms with Crippen LogP contribution in [-0.4, -0.2) is 16.8 Å². The van der Waals surface area contributed by atoms with E-state index < -0.39 is 6.55 Å². The summed E-state index contributed by atoms with van der Waals surface area (Å²) in [7, 11) is 1.83. The first-order valence-corrected chi connectivity index (χ1v) is 6.82. The second kappa shape index (κ2) is 7.26. The Morgan fingerprint density at radius 2 is 2.14 bits per heavy atom. The number of benzene rings is 1. The van der Waals surface area contributed by atoms with Crippen LogP contribution < -0.4 is 5.32 Å². The van der Waals surface area contributed by atoms with E-state index in [1.807, 2.05) is 19.2 Å². The molecule has 3 rings (SSSR count). The number of alkyl halides is 2. The lowest BCUT2D eigenvalue weighted by molar-refractivity contribution is 0.0566. The van der Waals surface area contributed by atoms with Crippen molar-refractivity contribution < 1.29 is 13.2 Å². The van der Waals surface area contributed by atoms with Gasteiger partial charge in [-0.1, -0.05) is 12.1 Å². The fourth-order valence-corrected chi connectivity index (χ4v) is 1.96. The van der Waals surface area contributed by atoms with E-state index in [0.717, 1.165) is 11.1 Å². The highest BCUT2D eigenvalue weighted by molar-refractivity contribution is 5.29. The van der Waals surface area contributed by atoms with Crippen LogP contribution in [0.4, 0.5) is 13.2 Å². The molecule has 3 nitrogen and oxygen atoms in total. The summed E-state index contributed by atoms with van der Waals surface area (Å²) in [5, 5.41) is 6.23. The Kier molecular flexibility index (Phi) is 5.38.